The molecular weight excluding hydrogens is 402 g/mol. The summed E-state index contributed by atoms with van der Waals surface area (Å²) in [5.74, 6) is -0.637. The maximum absolute atomic E-state index is 12.7. The molecule has 30 heavy (non-hydrogen) atoms. The van der Waals surface area contributed by atoms with Crippen molar-refractivity contribution in [2.24, 2.45) is 5.92 Å². The van der Waals surface area contributed by atoms with Gasteiger partial charge in [-0.3, -0.25) is 9.59 Å². The summed E-state index contributed by atoms with van der Waals surface area (Å²) in [7, 11) is -3.50. The van der Waals surface area contributed by atoms with Crippen LogP contribution in [0, 0.1) is 5.92 Å². The van der Waals surface area contributed by atoms with E-state index in [1.54, 1.807) is 50.2 Å². The van der Waals surface area contributed by atoms with Crippen LogP contribution in [0.1, 0.15) is 43.5 Å². The Hall–Kier alpha value is -2.71. The van der Waals surface area contributed by atoms with Crippen molar-refractivity contribution in [3.05, 3.63) is 54.1 Å². The fourth-order valence-electron chi connectivity index (χ4n) is 3.19. The van der Waals surface area contributed by atoms with E-state index in [-0.39, 0.29) is 22.6 Å². The summed E-state index contributed by atoms with van der Waals surface area (Å²) in [6.07, 6.45) is 2.81. The van der Waals surface area contributed by atoms with Crippen LogP contribution in [0.15, 0.2) is 53.4 Å². The molecule has 7 nitrogen and oxygen atoms in total. The average Bonchev–Trinajstić information content (AvgIpc) is 2.75. The smallest absolute Gasteiger partial charge is 0.255 e. The average molecular weight is 430 g/mol. The minimum Gasteiger partial charge on any atom is -0.326 e. The highest BCUT2D eigenvalue weighted by Crippen LogP contribution is 2.22. The second-order valence-electron chi connectivity index (χ2n) is 7.67. The maximum Gasteiger partial charge on any atom is 0.255 e. The number of nitrogens with one attached hydrogen (secondary N) is 2. The van der Waals surface area contributed by atoms with Crippen LogP contribution < -0.4 is 10.6 Å². The van der Waals surface area contributed by atoms with E-state index in [9.17, 15) is 18.0 Å². The predicted molar refractivity (Wildman–Crippen MR) is 117 cm³/mol. The molecule has 0 unspecified atom stereocenters. The fourth-order valence-corrected chi connectivity index (χ4v) is 4.71. The number of carbonyl (C=O) groups excluding carboxylic acids is 2. The van der Waals surface area contributed by atoms with Gasteiger partial charge in [-0.15, -0.1) is 0 Å². The zero-order valence-electron chi connectivity index (χ0n) is 17.2. The molecule has 0 aliphatic carbocycles. The number of rotatable bonds is 6. The summed E-state index contributed by atoms with van der Waals surface area (Å²) in [4.78, 5) is 24.6. The summed E-state index contributed by atoms with van der Waals surface area (Å²) in [5, 5.41) is 5.53. The molecule has 8 heteroatoms. The minimum atomic E-state index is -3.50. The number of amides is 2. The van der Waals surface area contributed by atoms with Gasteiger partial charge in [-0.2, -0.15) is 4.31 Å². The maximum atomic E-state index is 12.7. The summed E-state index contributed by atoms with van der Waals surface area (Å²) in [6.45, 7) is 4.68. The third kappa shape index (κ3) is 5.25. The van der Waals surface area contributed by atoms with Gasteiger partial charge in [0.2, 0.25) is 15.9 Å². The lowest BCUT2D eigenvalue weighted by Crippen LogP contribution is -2.35. The van der Waals surface area contributed by atoms with E-state index in [2.05, 4.69) is 10.6 Å². The first-order chi connectivity index (χ1) is 14.3. The summed E-state index contributed by atoms with van der Waals surface area (Å²) >= 11 is 0. The van der Waals surface area contributed by atoms with Gasteiger partial charge in [0.05, 0.1) is 4.90 Å². The minimum absolute atomic E-state index is 0.127. The second kappa shape index (κ2) is 9.40. The molecule has 0 radical (unpaired) electrons. The number of hydrogen-bond donors (Lipinski definition) is 2. The Kier molecular flexibility index (Phi) is 6.89. The number of piperidine rings is 1. The molecule has 0 saturated carbocycles. The Labute approximate surface area is 177 Å². The van der Waals surface area contributed by atoms with Gasteiger partial charge in [0.25, 0.3) is 5.91 Å². The summed E-state index contributed by atoms with van der Waals surface area (Å²) < 4.78 is 27.0. The summed E-state index contributed by atoms with van der Waals surface area (Å²) in [6, 6.07) is 12.9. The number of anilines is 2. The molecule has 1 aliphatic rings. The molecule has 1 aliphatic heterocycles. The van der Waals surface area contributed by atoms with Crippen molar-refractivity contribution in [3.8, 4) is 0 Å². The molecule has 3 rings (SSSR count). The van der Waals surface area contributed by atoms with Crippen LogP contribution in [0.2, 0.25) is 0 Å². The predicted octanol–water partition coefficient (Wildman–Crippen LogP) is 3.71. The molecule has 2 N–H and O–H groups in total. The van der Waals surface area contributed by atoms with Gasteiger partial charge >= 0.3 is 0 Å². The Morgan fingerprint density at radius 1 is 0.900 bits per heavy atom. The van der Waals surface area contributed by atoms with Gasteiger partial charge in [-0.05, 0) is 55.3 Å². The van der Waals surface area contributed by atoms with E-state index >= 15 is 0 Å². The van der Waals surface area contributed by atoms with Gasteiger partial charge in [0.1, 0.15) is 0 Å². The van der Waals surface area contributed by atoms with E-state index in [1.165, 1.54) is 16.4 Å². The fraction of sp³-hybridized carbons (Fsp3) is 0.364. The molecule has 0 bridgehead atoms. The largest absolute Gasteiger partial charge is 0.326 e. The lowest BCUT2D eigenvalue weighted by atomic mass is 10.1. The van der Waals surface area contributed by atoms with E-state index in [4.69, 9.17) is 0 Å². The van der Waals surface area contributed by atoms with E-state index in [0.717, 1.165) is 19.3 Å². The number of carbonyl (C=O) groups is 2. The number of benzene rings is 2. The Morgan fingerprint density at radius 3 is 2.20 bits per heavy atom. The molecule has 0 spiro atoms. The molecule has 1 fully saturated rings. The van der Waals surface area contributed by atoms with Gasteiger partial charge in [-0.1, -0.05) is 26.3 Å². The van der Waals surface area contributed by atoms with Crippen molar-refractivity contribution >= 4 is 33.2 Å². The van der Waals surface area contributed by atoms with Crippen LogP contribution in [-0.2, 0) is 14.8 Å². The van der Waals surface area contributed by atoms with Crippen LogP contribution in [0.25, 0.3) is 0 Å². The Bertz CT molecular complexity index is 1010. The van der Waals surface area contributed by atoms with Gasteiger partial charge in [-0.25, -0.2) is 8.42 Å². The third-order valence-corrected chi connectivity index (χ3v) is 6.89. The van der Waals surface area contributed by atoms with Crippen LogP contribution in [-0.4, -0.2) is 37.6 Å². The van der Waals surface area contributed by atoms with Crippen LogP contribution in [0.5, 0.6) is 0 Å². The first-order valence-corrected chi connectivity index (χ1v) is 11.5. The van der Waals surface area contributed by atoms with E-state index in [0.29, 0.717) is 30.0 Å². The molecule has 2 aromatic rings. The quantitative estimate of drug-likeness (QED) is 0.732. The highest BCUT2D eigenvalue weighted by atomic mass is 32.2. The van der Waals surface area contributed by atoms with Crippen molar-refractivity contribution < 1.29 is 18.0 Å². The zero-order chi connectivity index (χ0) is 21.7. The molecule has 0 aromatic heterocycles. The van der Waals surface area contributed by atoms with Crippen molar-refractivity contribution in [1.82, 2.24) is 4.31 Å². The Morgan fingerprint density at radius 2 is 1.57 bits per heavy atom. The van der Waals surface area contributed by atoms with E-state index < -0.39 is 10.0 Å². The van der Waals surface area contributed by atoms with Crippen LogP contribution in [0.3, 0.4) is 0 Å². The van der Waals surface area contributed by atoms with Gasteiger partial charge < -0.3 is 10.6 Å². The van der Waals surface area contributed by atoms with Crippen molar-refractivity contribution in [2.45, 2.75) is 38.0 Å². The second-order valence-corrected chi connectivity index (χ2v) is 9.61. The number of nitrogens with zero attached hydrogens (tertiary/aromatic N) is 1. The number of sulfonamides is 1. The van der Waals surface area contributed by atoms with Crippen molar-refractivity contribution in [2.75, 3.05) is 23.7 Å². The van der Waals surface area contributed by atoms with Crippen molar-refractivity contribution in [3.63, 3.8) is 0 Å². The standard InChI is InChI=1S/C22H27N3O4S/c1-16(2)21(26)24-19-8-6-7-17(15-19)22(27)23-18-9-11-20(12-10-18)30(28,29)25-13-4-3-5-14-25/h6-12,15-16H,3-5,13-14H2,1-2H3,(H,23,27)(H,24,26). The highest BCUT2D eigenvalue weighted by molar-refractivity contribution is 7.89. The van der Waals surface area contributed by atoms with Crippen LogP contribution >= 0.6 is 0 Å². The number of hydrogen-bond acceptors (Lipinski definition) is 4. The zero-order valence-corrected chi connectivity index (χ0v) is 18.0. The molecule has 1 saturated heterocycles. The lowest BCUT2D eigenvalue weighted by molar-refractivity contribution is -0.118. The topological polar surface area (TPSA) is 95.6 Å². The van der Waals surface area contributed by atoms with Gasteiger partial charge in [0, 0.05) is 35.9 Å². The molecule has 1 heterocycles. The first-order valence-electron chi connectivity index (χ1n) is 10.1. The molecule has 0 atom stereocenters. The monoisotopic (exact) mass is 429 g/mol. The molecule has 160 valence electrons. The lowest BCUT2D eigenvalue weighted by Gasteiger charge is -2.25. The highest BCUT2D eigenvalue weighted by Gasteiger charge is 2.25. The molecular formula is C22H27N3O4S. The first kappa shape index (κ1) is 22.0. The normalized spacial score (nSPS) is 15.0. The summed E-state index contributed by atoms with van der Waals surface area (Å²) in [5.41, 5.74) is 1.43. The molecule has 2 amide bonds. The molecule has 2 aromatic carbocycles. The third-order valence-electron chi connectivity index (χ3n) is 4.98. The van der Waals surface area contributed by atoms with Crippen molar-refractivity contribution in [1.29, 1.82) is 0 Å². The van der Waals surface area contributed by atoms with E-state index in [1.807, 2.05) is 0 Å². The Balaban J connectivity index is 1.68. The van der Waals surface area contributed by atoms with Gasteiger partial charge in [0.15, 0.2) is 0 Å². The SMILES string of the molecule is CC(C)C(=O)Nc1cccc(C(=O)Nc2ccc(S(=O)(=O)N3CCCCC3)cc2)c1. The van der Waals surface area contributed by atoms with Crippen LogP contribution in [0.4, 0.5) is 11.4 Å².